The smallest absolute Gasteiger partial charge is 0.407 e. The van der Waals surface area contributed by atoms with Crippen LogP contribution in [0.15, 0.2) is 48.5 Å². The molecular formula is C27H34N2O5. The maximum Gasteiger partial charge on any atom is 0.407 e. The van der Waals surface area contributed by atoms with E-state index >= 15 is 0 Å². The monoisotopic (exact) mass is 466 g/mol. The van der Waals surface area contributed by atoms with Crippen molar-refractivity contribution in [3.8, 4) is 11.1 Å². The lowest BCUT2D eigenvalue weighted by Crippen LogP contribution is -2.41. The third kappa shape index (κ3) is 6.83. The van der Waals surface area contributed by atoms with Crippen LogP contribution in [0.3, 0.4) is 0 Å². The standard InChI is InChI=1S/C27H34N2O5/c1-18(2)16-24(26(31)32)29-25(30)14-4-3-9-15-28-27(33)34-17-23-21-12-7-5-10-19(21)20-11-6-8-13-22(20)23/h5-8,10-13,18,23-24H,3-4,9,14-17H2,1-2H3,(H,28,33)(H,29,30)(H,31,32). The summed E-state index contributed by atoms with van der Waals surface area (Å²) in [5.74, 6) is -1.04. The normalized spacial score (nSPS) is 13.1. The highest BCUT2D eigenvalue weighted by Gasteiger charge is 2.29. The van der Waals surface area contributed by atoms with E-state index in [1.165, 1.54) is 22.3 Å². The number of hydrogen-bond donors (Lipinski definition) is 3. The van der Waals surface area contributed by atoms with E-state index in [1.54, 1.807) is 0 Å². The number of nitrogens with one attached hydrogen (secondary N) is 2. The van der Waals surface area contributed by atoms with Gasteiger partial charge in [0.15, 0.2) is 0 Å². The highest BCUT2D eigenvalue weighted by Crippen LogP contribution is 2.44. The molecule has 0 bridgehead atoms. The lowest BCUT2D eigenvalue weighted by Gasteiger charge is -2.16. The molecule has 1 atom stereocenters. The molecule has 0 saturated heterocycles. The topological polar surface area (TPSA) is 105 Å². The van der Waals surface area contributed by atoms with E-state index in [4.69, 9.17) is 4.74 Å². The SMILES string of the molecule is CC(C)CC(NC(=O)CCCCCNC(=O)OCC1c2ccccc2-c2ccccc21)C(=O)O. The Bertz CT molecular complexity index is 959. The van der Waals surface area contributed by atoms with E-state index < -0.39 is 18.1 Å². The van der Waals surface area contributed by atoms with Gasteiger partial charge in [-0.2, -0.15) is 0 Å². The Balaban J connectivity index is 1.33. The summed E-state index contributed by atoms with van der Waals surface area (Å²) in [6, 6.07) is 15.6. The van der Waals surface area contributed by atoms with Gasteiger partial charge in [0.1, 0.15) is 12.6 Å². The van der Waals surface area contributed by atoms with Crippen molar-refractivity contribution in [1.82, 2.24) is 10.6 Å². The molecule has 0 saturated carbocycles. The predicted octanol–water partition coefficient (Wildman–Crippen LogP) is 4.70. The van der Waals surface area contributed by atoms with Gasteiger partial charge in [0.2, 0.25) is 5.91 Å². The van der Waals surface area contributed by atoms with Crippen LogP contribution in [0.25, 0.3) is 11.1 Å². The fraction of sp³-hybridized carbons (Fsp3) is 0.444. The summed E-state index contributed by atoms with van der Waals surface area (Å²) in [5, 5.41) is 14.6. The summed E-state index contributed by atoms with van der Waals surface area (Å²) in [6.45, 7) is 4.59. The molecule has 0 aliphatic heterocycles. The Hall–Kier alpha value is -3.35. The van der Waals surface area contributed by atoms with E-state index in [0.29, 0.717) is 25.8 Å². The number of carbonyl (C=O) groups excluding carboxylic acids is 2. The van der Waals surface area contributed by atoms with Crippen LogP contribution in [0.2, 0.25) is 0 Å². The van der Waals surface area contributed by atoms with Crippen molar-refractivity contribution in [2.75, 3.05) is 13.2 Å². The minimum Gasteiger partial charge on any atom is -0.480 e. The number of carboxylic acid groups (broad SMARTS) is 1. The molecule has 2 amide bonds. The van der Waals surface area contributed by atoms with E-state index in [2.05, 4.69) is 34.9 Å². The summed E-state index contributed by atoms with van der Waals surface area (Å²) >= 11 is 0. The van der Waals surface area contributed by atoms with Crippen molar-refractivity contribution in [1.29, 1.82) is 0 Å². The molecule has 182 valence electrons. The van der Waals surface area contributed by atoms with Crippen molar-refractivity contribution >= 4 is 18.0 Å². The second kappa shape index (κ2) is 12.2. The third-order valence-electron chi connectivity index (χ3n) is 6.03. The van der Waals surface area contributed by atoms with Crippen LogP contribution in [-0.4, -0.2) is 42.3 Å². The minimum atomic E-state index is -1.01. The zero-order chi connectivity index (χ0) is 24.5. The molecule has 0 radical (unpaired) electrons. The number of unbranched alkanes of at least 4 members (excludes halogenated alkanes) is 2. The molecule has 3 N–H and O–H groups in total. The van der Waals surface area contributed by atoms with Crippen LogP contribution < -0.4 is 10.6 Å². The fourth-order valence-corrected chi connectivity index (χ4v) is 4.39. The van der Waals surface area contributed by atoms with Crippen LogP contribution in [0.1, 0.15) is 63.0 Å². The number of carbonyl (C=O) groups is 3. The van der Waals surface area contributed by atoms with Crippen LogP contribution >= 0.6 is 0 Å². The summed E-state index contributed by atoms with van der Waals surface area (Å²) < 4.78 is 5.51. The lowest BCUT2D eigenvalue weighted by molar-refractivity contribution is -0.142. The second-order valence-corrected chi connectivity index (χ2v) is 9.15. The molecule has 0 heterocycles. The largest absolute Gasteiger partial charge is 0.480 e. The fourth-order valence-electron chi connectivity index (χ4n) is 4.39. The van der Waals surface area contributed by atoms with Crippen LogP contribution in [0.4, 0.5) is 4.79 Å². The Morgan fingerprint density at radius 2 is 1.56 bits per heavy atom. The molecule has 3 rings (SSSR count). The van der Waals surface area contributed by atoms with Crippen LogP contribution in [-0.2, 0) is 14.3 Å². The number of ether oxygens (including phenoxy) is 1. The maximum absolute atomic E-state index is 12.2. The number of carboxylic acids is 1. The van der Waals surface area contributed by atoms with Crippen LogP contribution in [0.5, 0.6) is 0 Å². The van der Waals surface area contributed by atoms with Gasteiger partial charge in [-0.1, -0.05) is 68.8 Å². The Morgan fingerprint density at radius 1 is 0.941 bits per heavy atom. The van der Waals surface area contributed by atoms with Crippen molar-refractivity contribution in [3.63, 3.8) is 0 Å². The molecule has 0 spiro atoms. The molecule has 2 aromatic rings. The molecule has 7 nitrogen and oxygen atoms in total. The quantitative estimate of drug-likeness (QED) is 0.393. The zero-order valence-corrected chi connectivity index (χ0v) is 19.9. The average molecular weight is 467 g/mol. The number of amides is 2. The van der Waals surface area contributed by atoms with Gasteiger partial charge in [0.05, 0.1) is 0 Å². The van der Waals surface area contributed by atoms with Crippen molar-refractivity contribution in [3.05, 3.63) is 59.7 Å². The number of rotatable bonds is 12. The molecule has 1 aliphatic carbocycles. The van der Waals surface area contributed by atoms with Gasteiger partial charge >= 0.3 is 12.1 Å². The maximum atomic E-state index is 12.2. The minimum absolute atomic E-state index is 0.0296. The second-order valence-electron chi connectivity index (χ2n) is 9.15. The Kier molecular flexibility index (Phi) is 9.08. The highest BCUT2D eigenvalue weighted by atomic mass is 16.5. The first-order chi connectivity index (χ1) is 16.4. The molecule has 2 aromatic carbocycles. The van der Waals surface area contributed by atoms with Crippen molar-refractivity contribution < 1.29 is 24.2 Å². The van der Waals surface area contributed by atoms with E-state index in [-0.39, 0.29) is 30.8 Å². The average Bonchev–Trinajstić information content (AvgIpc) is 3.13. The van der Waals surface area contributed by atoms with Crippen molar-refractivity contribution in [2.24, 2.45) is 5.92 Å². The predicted molar refractivity (Wildman–Crippen MR) is 131 cm³/mol. The van der Waals surface area contributed by atoms with Crippen LogP contribution in [0, 0.1) is 5.92 Å². The van der Waals surface area contributed by atoms with Gasteiger partial charge in [-0.05, 0) is 47.4 Å². The molecular weight excluding hydrogens is 432 g/mol. The first kappa shape index (κ1) is 25.3. The molecule has 7 heteroatoms. The first-order valence-corrected chi connectivity index (χ1v) is 12.0. The van der Waals surface area contributed by atoms with E-state index in [0.717, 1.165) is 6.42 Å². The zero-order valence-electron chi connectivity index (χ0n) is 19.9. The van der Waals surface area contributed by atoms with E-state index in [1.807, 2.05) is 38.1 Å². The number of alkyl carbamates (subject to hydrolysis) is 1. The van der Waals surface area contributed by atoms with Gasteiger partial charge in [-0.25, -0.2) is 9.59 Å². The Morgan fingerprint density at radius 3 is 2.15 bits per heavy atom. The van der Waals surface area contributed by atoms with E-state index in [9.17, 15) is 19.5 Å². The number of hydrogen-bond acceptors (Lipinski definition) is 4. The van der Waals surface area contributed by atoms with Crippen molar-refractivity contribution in [2.45, 2.75) is 57.9 Å². The Labute approximate surface area is 200 Å². The summed E-state index contributed by atoms with van der Waals surface area (Å²) in [7, 11) is 0. The molecule has 1 unspecified atom stereocenters. The molecule has 0 fully saturated rings. The van der Waals surface area contributed by atoms with Gasteiger partial charge in [-0.3, -0.25) is 4.79 Å². The molecule has 1 aliphatic rings. The van der Waals surface area contributed by atoms with Gasteiger partial charge < -0.3 is 20.5 Å². The third-order valence-corrected chi connectivity index (χ3v) is 6.03. The molecule has 0 aromatic heterocycles. The summed E-state index contributed by atoms with van der Waals surface area (Å²) in [5.41, 5.74) is 4.73. The first-order valence-electron chi connectivity index (χ1n) is 12.0. The summed E-state index contributed by atoms with van der Waals surface area (Å²) in [4.78, 5) is 35.4. The van der Waals surface area contributed by atoms with Gasteiger partial charge in [0.25, 0.3) is 0 Å². The highest BCUT2D eigenvalue weighted by molar-refractivity contribution is 5.83. The molecule has 34 heavy (non-hydrogen) atoms. The lowest BCUT2D eigenvalue weighted by atomic mass is 9.98. The van der Waals surface area contributed by atoms with Gasteiger partial charge in [-0.15, -0.1) is 0 Å². The summed E-state index contributed by atoms with van der Waals surface area (Å²) in [6.07, 6.45) is 2.33. The van der Waals surface area contributed by atoms with Gasteiger partial charge in [0, 0.05) is 18.9 Å². The number of aliphatic carboxylic acids is 1. The number of fused-ring (bicyclic) bond motifs is 3. The number of benzene rings is 2.